The fraction of sp³-hybridized carbons (Fsp3) is 0.133. The van der Waals surface area contributed by atoms with E-state index in [9.17, 15) is 9.90 Å². The van der Waals surface area contributed by atoms with E-state index in [4.69, 9.17) is 0 Å². The molecule has 0 fully saturated rings. The van der Waals surface area contributed by atoms with Gasteiger partial charge in [0.2, 0.25) is 0 Å². The summed E-state index contributed by atoms with van der Waals surface area (Å²) in [7, 11) is 0. The summed E-state index contributed by atoms with van der Waals surface area (Å²) in [5.74, 6) is 0. The van der Waals surface area contributed by atoms with Gasteiger partial charge in [-0.3, -0.25) is 0 Å². The summed E-state index contributed by atoms with van der Waals surface area (Å²) in [5, 5.41) is 10.7. The van der Waals surface area contributed by atoms with Crippen molar-refractivity contribution in [3.8, 4) is 0 Å². The van der Waals surface area contributed by atoms with E-state index in [1.165, 1.54) is 0 Å². The molecule has 3 rings (SSSR count). The molecule has 1 atom stereocenters. The zero-order valence-corrected chi connectivity index (χ0v) is 14.2. The molecule has 1 aromatic heterocycles. The largest absolute Gasteiger partial charge is 0.384 e. The number of imidazole rings is 1. The Kier molecular flexibility index (Phi) is 3.77. The van der Waals surface area contributed by atoms with Crippen LogP contribution in [-0.2, 0) is 0 Å². The van der Waals surface area contributed by atoms with Gasteiger partial charge in [-0.1, -0.05) is 37.9 Å². The van der Waals surface area contributed by atoms with Crippen molar-refractivity contribution in [2.45, 2.75) is 13.0 Å². The molecule has 0 aliphatic rings. The number of fused-ring (bicyclic) bond motifs is 1. The summed E-state index contributed by atoms with van der Waals surface area (Å²) in [5.41, 5.74) is 3.65. The number of halogens is 2. The van der Waals surface area contributed by atoms with Crippen molar-refractivity contribution in [2.75, 3.05) is 0 Å². The molecular formula is C15H12Br2N2O2. The van der Waals surface area contributed by atoms with E-state index in [1.54, 1.807) is 12.1 Å². The summed E-state index contributed by atoms with van der Waals surface area (Å²) in [4.78, 5) is 16.7. The zero-order chi connectivity index (χ0) is 15.1. The Morgan fingerprint density at radius 1 is 1.05 bits per heavy atom. The number of aliphatic hydroxyl groups is 1. The van der Waals surface area contributed by atoms with Gasteiger partial charge in [-0.25, -0.2) is 4.79 Å². The van der Waals surface area contributed by atoms with Crippen molar-refractivity contribution in [1.29, 1.82) is 0 Å². The minimum absolute atomic E-state index is 0.261. The number of aromatic nitrogens is 2. The van der Waals surface area contributed by atoms with Crippen LogP contribution >= 0.6 is 31.9 Å². The molecule has 3 N–H and O–H groups in total. The van der Waals surface area contributed by atoms with Crippen LogP contribution in [-0.4, -0.2) is 15.1 Å². The zero-order valence-electron chi connectivity index (χ0n) is 11.1. The molecule has 0 amide bonds. The highest BCUT2D eigenvalue weighted by molar-refractivity contribution is 9.10. The standard InChI is InChI=1S/C15H12Br2N2O2/c1-7-4-8(16)2-3-9(7)14(20)10-5-12-13(6-11(10)17)19-15(21)18-12/h2-6,14,20H,1H3,(H2,18,19,21). The van der Waals surface area contributed by atoms with E-state index in [1.807, 2.05) is 25.1 Å². The van der Waals surface area contributed by atoms with E-state index in [2.05, 4.69) is 41.8 Å². The van der Waals surface area contributed by atoms with Crippen molar-refractivity contribution in [3.05, 3.63) is 66.5 Å². The highest BCUT2D eigenvalue weighted by Gasteiger charge is 2.17. The summed E-state index contributed by atoms with van der Waals surface area (Å²) in [6, 6.07) is 9.32. The van der Waals surface area contributed by atoms with Crippen molar-refractivity contribution in [3.63, 3.8) is 0 Å². The second-order valence-corrected chi connectivity index (χ2v) is 6.67. The van der Waals surface area contributed by atoms with E-state index in [0.717, 1.165) is 20.1 Å². The second kappa shape index (κ2) is 5.44. The Morgan fingerprint density at radius 2 is 1.71 bits per heavy atom. The number of benzene rings is 2. The predicted octanol–water partition coefficient (Wildman–Crippen LogP) is 3.77. The van der Waals surface area contributed by atoms with Crippen LogP contribution in [0.25, 0.3) is 11.0 Å². The molecule has 21 heavy (non-hydrogen) atoms. The molecule has 1 unspecified atom stereocenters. The van der Waals surface area contributed by atoms with Gasteiger partial charge in [-0.05, 0) is 42.3 Å². The third-order valence-corrected chi connectivity index (χ3v) is 4.63. The van der Waals surface area contributed by atoms with Crippen LogP contribution < -0.4 is 5.69 Å². The third kappa shape index (κ3) is 2.71. The molecular weight excluding hydrogens is 400 g/mol. The quantitative estimate of drug-likeness (QED) is 0.600. The molecule has 6 heteroatoms. The molecule has 108 valence electrons. The average molecular weight is 412 g/mol. The number of rotatable bonds is 2. The van der Waals surface area contributed by atoms with Crippen LogP contribution in [0.5, 0.6) is 0 Å². The first kappa shape index (κ1) is 14.6. The predicted molar refractivity (Wildman–Crippen MR) is 89.6 cm³/mol. The van der Waals surface area contributed by atoms with E-state index in [0.29, 0.717) is 16.6 Å². The summed E-state index contributed by atoms with van der Waals surface area (Å²) < 4.78 is 1.72. The number of hydrogen-bond acceptors (Lipinski definition) is 2. The van der Waals surface area contributed by atoms with Gasteiger partial charge in [0, 0.05) is 14.5 Å². The molecule has 0 aliphatic carbocycles. The number of aryl methyl sites for hydroxylation is 1. The van der Waals surface area contributed by atoms with Crippen molar-refractivity contribution >= 4 is 42.9 Å². The molecule has 0 saturated heterocycles. The normalized spacial score (nSPS) is 12.8. The number of nitrogens with one attached hydrogen (secondary N) is 2. The number of H-pyrrole nitrogens is 2. The maximum Gasteiger partial charge on any atom is 0.323 e. The molecule has 2 aromatic carbocycles. The van der Waals surface area contributed by atoms with Gasteiger partial charge < -0.3 is 15.1 Å². The number of aromatic amines is 2. The first-order valence-electron chi connectivity index (χ1n) is 6.31. The average Bonchev–Trinajstić information content (AvgIpc) is 2.76. The van der Waals surface area contributed by atoms with Crippen molar-refractivity contribution < 1.29 is 5.11 Å². The first-order chi connectivity index (χ1) is 9.95. The van der Waals surface area contributed by atoms with Crippen LogP contribution in [0.4, 0.5) is 0 Å². The molecule has 0 aliphatic heterocycles. The number of hydrogen-bond donors (Lipinski definition) is 3. The molecule has 1 heterocycles. The lowest BCUT2D eigenvalue weighted by Gasteiger charge is -2.16. The van der Waals surface area contributed by atoms with Gasteiger partial charge in [0.05, 0.1) is 11.0 Å². The smallest absolute Gasteiger partial charge is 0.323 e. The van der Waals surface area contributed by atoms with Gasteiger partial charge in [-0.2, -0.15) is 0 Å². The third-order valence-electron chi connectivity index (χ3n) is 3.45. The van der Waals surface area contributed by atoms with Gasteiger partial charge >= 0.3 is 5.69 Å². The van der Waals surface area contributed by atoms with Crippen LogP contribution in [0.15, 0.2) is 44.1 Å². The Bertz CT molecular complexity index is 883. The highest BCUT2D eigenvalue weighted by atomic mass is 79.9. The Morgan fingerprint density at radius 3 is 2.38 bits per heavy atom. The maximum atomic E-state index is 11.3. The maximum absolute atomic E-state index is 11.3. The van der Waals surface area contributed by atoms with Crippen molar-refractivity contribution in [1.82, 2.24) is 9.97 Å². The van der Waals surface area contributed by atoms with Crippen LogP contribution in [0.3, 0.4) is 0 Å². The minimum atomic E-state index is -0.768. The summed E-state index contributed by atoms with van der Waals surface area (Å²) in [6.45, 7) is 1.95. The Balaban J connectivity index is 2.14. The van der Waals surface area contributed by atoms with Crippen LogP contribution in [0.1, 0.15) is 22.8 Å². The molecule has 3 aromatic rings. The second-order valence-electron chi connectivity index (χ2n) is 4.90. The van der Waals surface area contributed by atoms with E-state index >= 15 is 0 Å². The first-order valence-corrected chi connectivity index (χ1v) is 7.90. The van der Waals surface area contributed by atoms with Gasteiger partial charge in [0.15, 0.2) is 0 Å². The fourth-order valence-electron chi connectivity index (χ4n) is 2.40. The lowest BCUT2D eigenvalue weighted by molar-refractivity contribution is 0.219. The molecule has 4 nitrogen and oxygen atoms in total. The molecule has 0 spiro atoms. The summed E-state index contributed by atoms with van der Waals surface area (Å²) in [6.07, 6.45) is -0.768. The van der Waals surface area contributed by atoms with E-state index < -0.39 is 6.10 Å². The summed E-state index contributed by atoms with van der Waals surface area (Å²) >= 11 is 6.88. The lowest BCUT2D eigenvalue weighted by Crippen LogP contribution is -2.03. The van der Waals surface area contributed by atoms with Gasteiger partial charge in [-0.15, -0.1) is 0 Å². The minimum Gasteiger partial charge on any atom is -0.384 e. The highest BCUT2D eigenvalue weighted by Crippen LogP contribution is 2.33. The van der Waals surface area contributed by atoms with Crippen LogP contribution in [0, 0.1) is 6.92 Å². The van der Waals surface area contributed by atoms with Crippen molar-refractivity contribution in [2.24, 2.45) is 0 Å². The van der Waals surface area contributed by atoms with Gasteiger partial charge in [0.1, 0.15) is 6.10 Å². The Labute approximate surface area is 137 Å². The molecule has 0 radical (unpaired) electrons. The number of aliphatic hydroxyl groups excluding tert-OH is 1. The lowest BCUT2D eigenvalue weighted by atomic mass is 9.97. The van der Waals surface area contributed by atoms with E-state index in [-0.39, 0.29) is 5.69 Å². The Hall–Kier alpha value is -1.37. The molecule has 0 bridgehead atoms. The molecule has 0 saturated carbocycles. The van der Waals surface area contributed by atoms with Crippen LogP contribution in [0.2, 0.25) is 0 Å². The SMILES string of the molecule is Cc1cc(Br)ccc1C(O)c1cc2[nH]c(=O)[nH]c2cc1Br. The monoisotopic (exact) mass is 410 g/mol. The van der Waals surface area contributed by atoms with Gasteiger partial charge in [0.25, 0.3) is 0 Å². The fourth-order valence-corrected chi connectivity index (χ4v) is 3.43. The topological polar surface area (TPSA) is 68.9 Å².